The predicted octanol–water partition coefficient (Wildman–Crippen LogP) is 9.80. The summed E-state index contributed by atoms with van der Waals surface area (Å²) in [6, 6.07) is 0. The molecule has 0 atom stereocenters. The normalized spacial score (nSPS) is 12.0. The first-order valence-electron chi connectivity index (χ1n) is 12.9. The van der Waals surface area contributed by atoms with Crippen molar-refractivity contribution in [2.45, 2.75) is 168 Å². The van der Waals surface area contributed by atoms with E-state index in [-0.39, 0.29) is 0 Å². The van der Waals surface area contributed by atoms with Crippen molar-refractivity contribution in [2.75, 3.05) is 0 Å². The Balaban J connectivity index is 4.02. The number of unbranched alkanes of at least 4 members (excludes halogenated alkanes) is 16. The minimum absolute atomic E-state index is 0.612. The van der Waals surface area contributed by atoms with Crippen molar-refractivity contribution in [3.05, 3.63) is 0 Å². The zero-order valence-corrected chi connectivity index (χ0v) is 19.5. The Morgan fingerprint density at radius 1 is 0.370 bits per heavy atom. The van der Waals surface area contributed by atoms with E-state index in [0.29, 0.717) is 0 Å². The van der Waals surface area contributed by atoms with E-state index < -0.39 is 5.60 Å². The van der Waals surface area contributed by atoms with Crippen LogP contribution in [-0.4, -0.2) is 5.60 Å². The Kier molecular flexibility index (Phi) is 20.7. The van der Waals surface area contributed by atoms with Gasteiger partial charge in [-0.1, -0.05) is 143 Å². The zero-order valence-electron chi connectivity index (χ0n) is 19.5. The molecule has 0 rings (SSSR count). The van der Waals surface area contributed by atoms with Crippen LogP contribution in [0, 0.1) is 0 Å². The molecule has 0 N–H and O–H groups in total. The smallest absolute Gasteiger partial charge is 0.104 e. The van der Waals surface area contributed by atoms with Crippen LogP contribution in [0.25, 0.3) is 0 Å². The summed E-state index contributed by atoms with van der Waals surface area (Å²) in [5, 5.41) is 13.4. The fourth-order valence-electron chi connectivity index (χ4n) is 4.23. The van der Waals surface area contributed by atoms with Gasteiger partial charge in [0.1, 0.15) is 5.60 Å². The lowest BCUT2D eigenvalue weighted by Crippen LogP contribution is -2.27. The Hall–Kier alpha value is -0.0400. The molecule has 1 heteroatoms. The van der Waals surface area contributed by atoms with Gasteiger partial charge in [-0.25, -0.2) is 5.11 Å². The van der Waals surface area contributed by atoms with E-state index in [1.165, 1.54) is 122 Å². The molecule has 0 aliphatic heterocycles. The Morgan fingerprint density at radius 3 is 0.852 bits per heavy atom. The molecule has 0 spiro atoms. The first kappa shape index (κ1) is 27.0. The van der Waals surface area contributed by atoms with Crippen molar-refractivity contribution >= 4 is 0 Å². The van der Waals surface area contributed by atoms with E-state index in [4.69, 9.17) is 0 Å². The third kappa shape index (κ3) is 19.1. The molecule has 0 aromatic carbocycles. The number of rotatable bonds is 22. The summed E-state index contributed by atoms with van der Waals surface area (Å²) < 4.78 is 0. The fourth-order valence-corrected chi connectivity index (χ4v) is 4.23. The average molecular weight is 382 g/mol. The lowest BCUT2D eigenvalue weighted by Gasteiger charge is -2.26. The minimum Gasteiger partial charge on any atom is -0.229 e. The van der Waals surface area contributed by atoms with Crippen molar-refractivity contribution in [2.24, 2.45) is 0 Å². The summed E-state index contributed by atoms with van der Waals surface area (Å²) in [4.78, 5) is 0. The van der Waals surface area contributed by atoms with E-state index in [1.807, 2.05) is 0 Å². The van der Waals surface area contributed by atoms with Gasteiger partial charge in [-0.05, 0) is 19.3 Å². The highest BCUT2D eigenvalue weighted by Gasteiger charge is 2.27. The highest BCUT2D eigenvalue weighted by Crippen LogP contribution is 2.29. The lowest BCUT2D eigenvalue weighted by molar-refractivity contribution is -0.0558. The molecule has 0 aromatic rings. The van der Waals surface area contributed by atoms with Crippen LogP contribution in [0.1, 0.15) is 162 Å². The van der Waals surface area contributed by atoms with Gasteiger partial charge in [0.25, 0.3) is 0 Å². The zero-order chi connectivity index (χ0) is 20.1. The van der Waals surface area contributed by atoms with Crippen molar-refractivity contribution in [3.8, 4) is 0 Å². The second-order valence-corrected chi connectivity index (χ2v) is 9.09. The monoisotopic (exact) mass is 381 g/mol. The fraction of sp³-hybridized carbons (Fsp3) is 1.00. The van der Waals surface area contributed by atoms with Crippen molar-refractivity contribution in [1.29, 1.82) is 0 Å². The largest absolute Gasteiger partial charge is 0.229 e. The van der Waals surface area contributed by atoms with Gasteiger partial charge < -0.3 is 0 Å². The molecule has 0 aliphatic carbocycles. The Morgan fingerprint density at radius 2 is 0.593 bits per heavy atom. The van der Waals surface area contributed by atoms with Crippen molar-refractivity contribution < 1.29 is 5.11 Å². The van der Waals surface area contributed by atoms with Gasteiger partial charge in [-0.15, -0.1) is 0 Å². The molecule has 0 heterocycles. The maximum atomic E-state index is 13.4. The van der Waals surface area contributed by atoms with E-state index >= 15 is 0 Å². The molecule has 1 nitrogen and oxygen atoms in total. The van der Waals surface area contributed by atoms with Crippen LogP contribution >= 0.6 is 0 Å². The van der Waals surface area contributed by atoms with Gasteiger partial charge >= 0.3 is 0 Å². The van der Waals surface area contributed by atoms with Gasteiger partial charge in [-0.2, -0.15) is 0 Å². The molecule has 0 unspecified atom stereocenters. The van der Waals surface area contributed by atoms with Crippen LogP contribution in [-0.2, 0) is 5.11 Å². The predicted molar refractivity (Wildman–Crippen MR) is 122 cm³/mol. The summed E-state index contributed by atoms with van der Waals surface area (Å²) >= 11 is 0. The molecular formula is C26H53O. The molecule has 0 aromatic heterocycles. The summed E-state index contributed by atoms with van der Waals surface area (Å²) in [6.45, 7) is 6.81. The van der Waals surface area contributed by atoms with Crippen LogP contribution in [0.3, 0.4) is 0 Å². The molecule has 27 heavy (non-hydrogen) atoms. The Bertz CT molecular complexity index is 257. The van der Waals surface area contributed by atoms with Crippen LogP contribution in [0.5, 0.6) is 0 Å². The van der Waals surface area contributed by atoms with Crippen LogP contribution < -0.4 is 0 Å². The van der Waals surface area contributed by atoms with Gasteiger partial charge in [-0.3, -0.25) is 0 Å². The van der Waals surface area contributed by atoms with Gasteiger partial charge in [0, 0.05) is 0 Å². The third-order valence-electron chi connectivity index (χ3n) is 6.21. The number of hydrogen-bond donors (Lipinski definition) is 0. The maximum absolute atomic E-state index is 13.4. The van der Waals surface area contributed by atoms with Gasteiger partial charge in [0.05, 0.1) is 0 Å². The summed E-state index contributed by atoms with van der Waals surface area (Å²) in [6.07, 6.45) is 27.6. The van der Waals surface area contributed by atoms with Crippen LogP contribution in [0.2, 0.25) is 0 Å². The highest BCUT2D eigenvalue weighted by molar-refractivity contribution is 4.78. The van der Waals surface area contributed by atoms with Crippen LogP contribution in [0.15, 0.2) is 0 Å². The lowest BCUT2D eigenvalue weighted by atomic mass is 9.85. The summed E-state index contributed by atoms with van der Waals surface area (Å²) in [5.41, 5.74) is -0.612. The maximum Gasteiger partial charge on any atom is 0.104 e. The van der Waals surface area contributed by atoms with E-state index in [9.17, 15) is 5.11 Å². The highest BCUT2D eigenvalue weighted by atomic mass is 16.3. The molecule has 0 aliphatic rings. The second kappa shape index (κ2) is 20.7. The summed E-state index contributed by atoms with van der Waals surface area (Å²) in [7, 11) is 0. The standard InChI is InChI=1S/C26H53O/c1-4-7-10-13-16-19-22-25-26(27,23-20-17-14-11-8-5-2)24-21-18-15-12-9-6-3/h4-25H2,1-3H3. The van der Waals surface area contributed by atoms with Crippen molar-refractivity contribution in [3.63, 3.8) is 0 Å². The molecule has 0 bridgehead atoms. The SMILES string of the molecule is CCCCCCCCCC([O])(CCCCCCCC)CCCCCCCC. The van der Waals surface area contributed by atoms with Crippen molar-refractivity contribution in [1.82, 2.24) is 0 Å². The van der Waals surface area contributed by atoms with Gasteiger partial charge in [0.15, 0.2) is 0 Å². The first-order valence-corrected chi connectivity index (χ1v) is 12.9. The van der Waals surface area contributed by atoms with E-state index in [0.717, 1.165) is 19.3 Å². The average Bonchev–Trinajstić information content (AvgIpc) is 2.67. The molecule has 0 saturated carbocycles. The molecule has 0 amide bonds. The molecule has 0 fully saturated rings. The third-order valence-corrected chi connectivity index (χ3v) is 6.21. The molecule has 163 valence electrons. The topological polar surface area (TPSA) is 19.9 Å². The van der Waals surface area contributed by atoms with E-state index in [2.05, 4.69) is 20.8 Å². The summed E-state index contributed by atoms with van der Waals surface area (Å²) in [5.74, 6) is 0. The first-order chi connectivity index (χ1) is 13.2. The van der Waals surface area contributed by atoms with E-state index in [1.54, 1.807) is 0 Å². The quantitative estimate of drug-likeness (QED) is 0.166. The molecule has 1 radical (unpaired) electrons. The molecule has 0 saturated heterocycles. The number of hydrogen-bond acceptors (Lipinski definition) is 0. The minimum atomic E-state index is -0.612. The van der Waals surface area contributed by atoms with Gasteiger partial charge in [0.2, 0.25) is 0 Å². The second-order valence-electron chi connectivity index (χ2n) is 9.09. The van der Waals surface area contributed by atoms with Crippen LogP contribution in [0.4, 0.5) is 0 Å². The Labute approximate surface area is 173 Å². The molecular weight excluding hydrogens is 328 g/mol.